The number of rotatable bonds is 1. The van der Waals surface area contributed by atoms with Crippen LogP contribution in [0.5, 0.6) is 0 Å². The van der Waals surface area contributed by atoms with Crippen LogP contribution in [-0.2, 0) is 9.47 Å². The van der Waals surface area contributed by atoms with E-state index in [-0.39, 0.29) is 17.6 Å². The molecule has 1 aromatic heterocycles. The van der Waals surface area contributed by atoms with Crippen molar-refractivity contribution in [3.63, 3.8) is 0 Å². The van der Waals surface area contributed by atoms with Crippen molar-refractivity contribution in [2.45, 2.75) is 31.5 Å². The maximum Gasteiger partial charge on any atom is 0.272 e. The largest absolute Gasteiger partial charge is 0.381 e. The van der Waals surface area contributed by atoms with E-state index in [1.54, 1.807) is 12.1 Å². The van der Waals surface area contributed by atoms with Gasteiger partial charge in [-0.15, -0.1) is 0 Å². The zero-order valence-electron chi connectivity index (χ0n) is 14.2. The average molecular weight is 361 g/mol. The number of carbonyl (C=O) groups is 1. The number of nitrogens with zero attached hydrogens (tertiary/aromatic N) is 2. The van der Waals surface area contributed by atoms with Gasteiger partial charge in [-0.2, -0.15) is 0 Å². The Kier molecular flexibility index (Phi) is 4.40. The third-order valence-electron chi connectivity index (χ3n) is 4.97. The molecule has 3 heterocycles. The summed E-state index contributed by atoms with van der Waals surface area (Å²) in [6.07, 6.45) is 1.65. The van der Waals surface area contributed by atoms with Crippen molar-refractivity contribution in [2.24, 2.45) is 0 Å². The molecular weight excluding hydrogens is 340 g/mol. The van der Waals surface area contributed by atoms with Crippen molar-refractivity contribution in [1.82, 2.24) is 9.88 Å². The van der Waals surface area contributed by atoms with Crippen molar-refractivity contribution < 1.29 is 14.3 Å². The smallest absolute Gasteiger partial charge is 0.272 e. The standard InChI is InChI=1S/C19H21ClN2O3/c1-13-11-22(12-19(25-13)6-8-24-9-7-19)18(23)16-5-3-14-2-4-15(20)10-17(14)21-16/h2-5,10,13H,6-9,11-12H2,1H3. The molecule has 4 rings (SSSR count). The second-order valence-electron chi connectivity index (χ2n) is 6.94. The van der Waals surface area contributed by atoms with Crippen molar-refractivity contribution in [1.29, 1.82) is 0 Å². The number of carbonyl (C=O) groups excluding carboxylic acids is 1. The monoisotopic (exact) mass is 360 g/mol. The molecule has 2 saturated heterocycles. The summed E-state index contributed by atoms with van der Waals surface area (Å²) in [5.74, 6) is -0.0529. The maximum atomic E-state index is 13.0. The number of hydrogen-bond acceptors (Lipinski definition) is 4. The predicted octanol–water partition coefficient (Wildman–Crippen LogP) is 3.30. The quantitative estimate of drug-likeness (QED) is 0.783. The molecule has 6 heteroatoms. The number of pyridine rings is 1. The summed E-state index contributed by atoms with van der Waals surface area (Å²) < 4.78 is 11.7. The summed E-state index contributed by atoms with van der Waals surface area (Å²) >= 11 is 6.05. The molecule has 2 aliphatic rings. The molecule has 1 atom stereocenters. The first kappa shape index (κ1) is 16.8. The molecule has 1 unspecified atom stereocenters. The fourth-order valence-corrected chi connectivity index (χ4v) is 3.94. The highest BCUT2D eigenvalue weighted by Crippen LogP contribution is 2.32. The molecular formula is C19H21ClN2O3. The lowest BCUT2D eigenvalue weighted by Crippen LogP contribution is -2.58. The lowest BCUT2D eigenvalue weighted by Gasteiger charge is -2.47. The molecule has 2 aromatic rings. The van der Waals surface area contributed by atoms with Crippen LogP contribution in [0.2, 0.25) is 5.02 Å². The number of halogens is 1. The normalized spacial score (nSPS) is 23.1. The number of benzene rings is 1. The average Bonchev–Trinajstić information content (AvgIpc) is 2.60. The van der Waals surface area contributed by atoms with E-state index in [0.29, 0.717) is 37.0 Å². The fraction of sp³-hybridized carbons (Fsp3) is 0.474. The summed E-state index contributed by atoms with van der Waals surface area (Å²) in [5, 5.41) is 1.59. The van der Waals surface area contributed by atoms with Gasteiger partial charge < -0.3 is 14.4 Å². The molecule has 0 N–H and O–H groups in total. The number of ether oxygens (including phenoxy) is 2. The molecule has 1 spiro atoms. The van der Waals surface area contributed by atoms with Crippen LogP contribution in [-0.4, -0.2) is 53.8 Å². The molecule has 25 heavy (non-hydrogen) atoms. The Labute approximate surface area is 151 Å². The van der Waals surface area contributed by atoms with Gasteiger partial charge in [-0.25, -0.2) is 4.98 Å². The van der Waals surface area contributed by atoms with Gasteiger partial charge in [-0.1, -0.05) is 23.7 Å². The molecule has 1 amide bonds. The van der Waals surface area contributed by atoms with Gasteiger partial charge in [0.2, 0.25) is 0 Å². The number of aromatic nitrogens is 1. The van der Waals surface area contributed by atoms with E-state index in [2.05, 4.69) is 4.98 Å². The lowest BCUT2D eigenvalue weighted by atomic mass is 9.91. The minimum atomic E-state index is -0.286. The Morgan fingerprint density at radius 3 is 2.84 bits per heavy atom. The number of fused-ring (bicyclic) bond motifs is 1. The third-order valence-corrected chi connectivity index (χ3v) is 5.21. The Balaban J connectivity index is 1.61. The molecule has 5 nitrogen and oxygen atoms in total. The summed E-state index contributed by atoms with van der Waals surface area (Å²) in [7, 11) is 0. The van der Waals surface area contributed by atoms with Crippen LogP contribution in [0.1, 0.15) is 30.3 Å². The predicted molar refractivity (Wildman–Crippen MR) is 96.0 cm³/mol. The van der Waals surface area contributed by atoms with Gasteiger partial charge in [0.25, 0.3) is 5.91 Å². The fourth-order valence-electron chi connectivity index (χ4n) is 3.77. The lowest BCUT2D eigenvalue weighted by molar-refractivity contribution is -0.176. The zero-order valence-corrected chi connectivity index (χ0v) is 15.0. The summed E-state index contributed by atoms with van der Waals surface area (Å²) in [4.78, 5) is 19.4. The Hall–Kier alpha value is -1.69. The second-order valence-corrected chi connectivity index (χ2v) is 7.38. The summed E-state index contributed by atoms with van der Waals surface area (Å²) in [5.41, 5.74) is 0.901. The van der Waals surface area contributed by atoms with Crippen molar-refractivity contribution in [2.75, 3.05) is 26.3 Å². The van der Waals surface area contributed by atoms with E-state index in [1.165, 1.54) is 0 Å². The van der Waals surface area contributed by atoms with Crippen molar-refractivity contribution >= 4 is 28.4 Å². The van der Waals surface area contributed by atoms with Crippen LogP contribution in [0.3, 0.4) is 0 Å². The van der Waals surface area contributed by atoms with Crippen LogP contribution < -0.4 is 0 Å². The van der Waals surface area contributed by atoms with Crippen LogP contribution >= 0.6 is 11.6 Å². The highest BCUT2D eigenvalue weighted by atomic mass is 35.5. The molecule has 132 valence electrons. The minimum Gasteiger partial charge on any atom is -0.381 e. The first-order valence-corrected chi connectivity index (χ1v) is 9.04. The Bertz CT molecular complexity index is 804. The van der Waals surface area contributed by atoms with Gasteiger partial charge in [-0.05, 0) is 25.1 Å². The van der Waals surface area contributed by atoms with Gasteiger partial charge in [0.05, 0.1) is 23.8 Å². The van der Waals surface area contributed by atoms with Gasteiger partial charge in [0.15, 0.2) is 0 Å². The van der Waals surface area contributed by atoms with E-state index < -0.39 is 0 Å². The molecule has 0 saturated carbocycles. The van der Waals surface area contributed by atoms with E-state index >= 15 is 0 Å². The SMILES string of the molecule is CC1CN(C(=O)c2ccc3ccc(Cl)cc3n2)CC2(CCOCC2)O1. The molecule has 1 aromatic carbocycles. The molecule has 0 aliphatic carbocycles. The topological polar surface area (TPSA) is 51.7 Å². The second kappa shape index (κ2) is 6.56. The summed E-state index contributed by atoms with van der Waals surface area (Å²) in [6, 6.07) is 9.23. The summed E-state index contributed by atoms with van der Waals surface area (Å²) in [6.45, 7) is 4.55. The van der Waals surface area contributed by atoms with Crippen LogP contribution in [0.15, 0.2) is 30.3 Å². The van der Waals surface area contributed by atoms with E-state index in [1.807, 2.05) is 30.0 Å². The number of hydrogen-bond donors (Lipinski definition) is 0. The number of morpholine rings is 1. The van der Waals surface area contributed by atoms with Gasteiger partial charge >= 0.3 is 0 Å². The molecule has 2 aliphatic heterocycles. The van der Waals surface area contributed by atoms with E-state index in [9.17, 15) is 4.79 Å². The van der Waals surface area contributed by atoms with Crippen molar-refractivity contribution in [3.05, 3.63) is 41.0 Å². The van der Waals surface area contributed by atoms with Crippen LogP contribution in [0.25, 0.3) is 10.9 Å². The highest BCUT2D eigenvalue weighted by molar-refractivity contribution is 6.31. The maximum absolute atomic E-state index is 13.0. The van der Waals surface area contributed by atoms with Gasteiger partial charge in [0.1, 0.15) is 5.69 Å². The van der Waals surface area contributed by atoms with Gasteiger partial charge in [-0.3, -0.25) is 4.79 Å². The van der Waals surface area contributed by atoms with Crippen molar-refractivity contribution in [3.8, 4) is 0 Å². The van der Waals surface area contributed by atoms with Crippen LogP contribution in [0.4, 0.5) is 0 Å². The van der Waals surface area contributed by atoms with Crippen LogP contribution in [0, 0.1) is 0 Å². The first-order valence-electron chi connectivity index (χ1n) is 8.66. The Morgan fingerprint density at radius 2 is 2.04 bits per heavy atom. The van der Waals surface area contributed by atoms with E-state index in [4.69, 9.17) is 21.1 Å². The highest BCUT2D eigenvalue weighted by Gasteiger charge is 2.42. The third kappa shape index (κ3) is 3.36. The van der Waals surface area contributed by atoms with E-state index in [0.717, 1.165) is 23.7 Å². The zero-order chi connectivity index (χ0) is 17.4. The number of amides is 1. The molecule has 0 bridgehead atoms. The Morgan fingerprint density at radius 1 is 1.28 bits per heavy atom. The minimum absolute atomic E-state index is 0.00528. The first-order chi connectivity index (χ1) is 12.0. The molecule has 0 radical (unpaired) electrons. The van der Waals surface area contributed by atoms with Gasteiger partial charge in [0, 0.05) is 43.0 Å². The molecule has 2 fully saturated rings.